The first-order chi connectivity index (χ1) is 7.77. The number of aliphatic carboxylic acids is 1. The van der Waals surface area contributed by atoms with Crippen LogP contribution < -0.4 is 5.32 Å². The second kappa shape index (κ2) is 6.80. The van der Waals surface area contributed by atoms with Crippen molar-refractivity contribution in [3.05, 3.63) is 0 Å². The van der Waals surface area contributed by atoms with Crippen molar-refractivity contribution in [3.63, 3.8) is 0 Å². The Morgan fingerprint density at radius 1 is 1.29 bits per heavy atom. The Labute approximate surface area is 101 Å². The van der Waals surface area contributed by atoms with Gasteiger partial charge in [-0.2, -0.15) is 8.42 Å². The van der Waals surface area contributed by atoms with Crippen molar-refractivity contribution < 1.29 is 28.5 Å². The highest BCUT2D eigenvalue weighted by Crippen LogP contribution is 2.14. The van der Waals surface area contributed by atoms with E-state index >= 15 is 0 Å². The molecule has 0 aromatic heterocycles. The minimum Gasteiger partial charge on any atom is -0.480 e. The number of hydrogen-bond acceptors (Lipinski definition) is 6. The molecule has 0 heterocycles. The van der Waals surface area contributed by atoms with E-state index in [1.165, 1.54) is 13.8 Å². The summed E-state index contributed by atoms with van der Waals surface area (Å²) in [6.45, 7) is 1.97. The van der Waals surface area contributed by atoms with Gasteiger partial charge >= 0.3 is 5.97 Å². The van der Waals surface area contributed by atoms with Gasteiger partial charge in [-0.05, 0) is 13.8 Å². The van der Waals surface area contributed by atoms with Crippen molar-refractivity contribution in [2.24, 2.45) is 5.92 Å². The fraction of sp³-hybridized carbons (Fsp3) is 0.889. The third-order valence-electron chi connectivity index (χ3n) is 2.50. The Kier molecular flexibility index (Phi) is 6.46. The number of hydrogen-bond donors (Lipinski definition) is 4. The normalized spacial score (nSPS) is 13.7. The van der Waals surface area contributed by atoms with Crippen molar-refractivity contribution in [2.75, 3.05) is 19.8 Å². The quantitative estimate of drug-likeness (QED) is 0.413. The van der Waals surface area contributed by atoms with Gasteiger partial charge < -0.3 is 20.6 Å². The number of aliphatic hydroxyl groups is 2. The smallest absolute Gasteiger partial charge is 0.322 e. The summed E-state index contributed by atoms with van der Waals surface area (Å²) in [5.74, 6) is -1.82. The average Bonchev–Trinajstić information content (AvgIpc) is 2.23. The van der Waals surface area contributed by atoms with E-state index in [9.17, 15) is 13.2 Å². The van der Waals surface area contributed by atoms with E-state index < -0.39 is 33.4 Å². The Morgan fingerprint density at radius 3 is 2.06 bits per heavy atom. The number of carboxylic acids is 1. The predicted molar refractivity (Wildman–Crippen MR) is 60.1 cm³/mol. The third kappa shape index (κ3) is 4.50. The molecule has 0 aromatic carbocycles. The Balaban J connectivity index is 4.72. The molecular weight excluding hydrogens is 250 g/mol. The molecule has 0 amide bonds. The Bertz CT molecular complexity index is 315. The number of nitrogens with one attached hydrogen (secondary N) is 1. The SMILES string of the molecule is CC(C)([C@@H](NCC(CO)CO)C(=O)O)[S](=O)=O. The summed E-state index contributed by atoms with van der Waals surface area (Å²) in [6, 6.07) is -1.30. The van der Waals surface area contributed by atoms with Gasteiger partial charge in [0.2, 0.25) is 0 Å². The molecule has 0 spiro atoms. The second-order valence-corrected chi connectivity index (χ2v) is 5.77. The minimum atomic E-state index is -2.56. The molecule has 0 rings (SSSR count). The molecule has 0 fully saturated rings. The van der Waals surface area contributed by atoms with E-state index in [0.717, 1.165) is 0 Å². The summed E-state index contributed by atoms with van der Waals surface area (Å²) in [5, 5.41) is 29.1. The van der Waals surface area contributed by atoms with Crippen LogP contribution >= 0.6 is 0 Å². The van der Waals surface area contributed by atoms with E-state index in [4.69, 9.17) is 15.3 Å². The van der Waals surface area contributed by atoms with Crippen LogP contribution in [0.25, 0.3) is 0 Å². The van der Waals surface area contributed by atoms with E-state index in [1.54, 1.807) is 0 Å². The average molecular weight is 268 g/mol. The maximum atomic E-state index is 11.0. The lowest BCUT2D eigenvalue weighted by molar-refractivity contribution is -0.140. The van der Waals surface area contributed by atoms with Crippen LogP contribution in [0.1, 0.15) is 13.8 Å². The molecule has 0 aliphatic rings. The molecule has 17 heavy (non-hydrogen) atoms. The summed E-state index contributed by atoms with van der Waals surface area (Å²) >= 11 is 0. The zero-order valence-electron chi connectivity index (χ0n) is 9.75. The van der Waals surface area contributed by atoms with Crippen LogP contribution in [-0.2, 0) is 15.5 Å². The van der Waals surface area contributed by atoms with Gasteiger partial charge in [-0.1, -0.05) is 0 Å². The van der Waals surface area contributed by atoms with Crippen molar-refractivity contribution in [1.82, 2.24) is 5.32 Å². The lowest BCUT2D eigenvalue weighted by Crippen LogP contribution is -2.54. The van der Waals surface area contributed by atoms with Crippen LogP contribution in [0.4, 0.5) is 0 Å². The van der Waals surface area contributed by atoms with Crippen LogP contribution in [0.3, 0.4) is 0 Å². The van der Waals surface area contributed by atoms with Gasteiger partial charge in [0.25, 0.3) is 0 Å². The zero-order valence-corrected chi connectivity index (χ0v) is 10.6. The monoisotopic (exact) mass is 268 g/mol. The molecule has 0 saturated carbocycles. The van der Waals surface area contributed by atoms with Crippen molar-refractivity contribution in [3.8, 4) is 0 Å². The predicted octanol–water partition coefficient (Wildman–Crippen LogP) is -1.71. The molecule has 0 aliphatic heterocycles. The highest BCUT2D eigenvalue weighted by atomic mass is 32.2. The molecular formula is C9H18NO6S. The van der Waals surface area contributed by atoms with Gasteiger partial charge in [0.1, 0.15) is 10.8 Å². The zero-order chi connectivity index (χ0) is 13.6. The van der Waals surface area contributed by atoms with Gasteiger partial charge in [0, 0.05) is 25.7 Å². The van der Waals surface area contributed by atoms with Gasteiger partial charge in [0.15, 0.2) is 10.7 Å². The molecule has 101 valence electrons. The molecule has 0 bridgehead atoms. The van der Waals surface area contributed by atoms with Gasteiger partial charge in [-0.3, -0.25) is 4.79 Å². The van der Waals surface area contributed by atoms with Crippen LogP contribution in [0.15, 0.2) is 0 Å². The number of carboxylic acid groups (broad SMARTS) is 1. The Morgan fingerprint density at radius 2 is 1.76 bits per heavy atom. The molecule has 4 N–H and O–H groups in total. The van der Waals surface area contributed by atoms with Crippen LogP contribution in [0, 0.1) is 5.92 Å². The maximum absolute atomic E-state index is 11.0. The molecule has 8 heteroatoms. The van der Waals surface area contributed by atoms with E-state index in [-0.39, 0.29) is 19.8 Å². The van der Waals surface area contributed by atoms with E-state index in [2.05, 4.69) is 5.32 Å². The molecule has 1 atom stereocenters. The molecule has 0 unspecified atom stereocenters. The largest absolute Gasteiger partial charge is 0.480 e. The van der Waals surface area contributed by atoms with Gasteiger partial charge in [-0.25, -0.2) is 0 Å². The standard InChI is InChI=1S/C9H18NO6S/c1-9(2,17(15)16)7(8(13)14)10-3-6(4-11)5-12/h6-7,10-12H,3-5H2,1-2H3,(H,13,14)/t7-/m0/s1. The topological polar surface area (TPSA) is 124 Å². The summed E-state index contributed by atoms with van der Waals surface area (Å²) < 4.78 is 20.4. The molecule has 7 nitrogen and oxygen atoms in total. The van der Waals surface area contributed by atoms with Crippen LogP contribution in [0.5, 0.6) is 0 Å². The number of rotatable bonds is 8. The fourth-order valence-corrected chi connectivity index (χ4v) is 1.57. The first-order valence-corrected chi connectivity index (χ1v) is 6.12. The highest BCUT2D eigenvalue weighted by molar-refractivity contribution is 7.74. The summed E-state index contributed by atoms with van der Waals surface area (Å²) in [7, 11) is -2.56. The lowest BCUT2D eigenvalue weighted by atomic mass is 10.0. The van der Waals surface area contributed by atoms with Crippen LogP contribution in [-0.4, -0.2) is 60.3 Å². The molecule has 0 saturated heterocycles. The first-order valence-electron chi connectivity index (χ1n) is 5.04. The fourth-order valence-electron chi connectivity index (χ4n) is 1.20. The van der Waals surface area contributed by atoms with Gasteiger partial charge in [-0.15, -0.1) is 0 Å². The molecule has 1 radical (unpaired) electrons. The van der Waals surface area contributed by atoms with E-state index in [0.29, 0.717) is 0 Å². The van der Waals surface area contributed by atoms with Crippen molar-refractivity contribution >= 4 is 16.7 Å². The molecule has 0 aromatic rings. The van der Waals surface area contributed by atoms with Crippen LogP contribution in [0.2, 0.25) is 0 Å². The summed E-state index contributed by atoms with van der Waals surface area (Å²) in [6.07, 6.45) is 0. The molecule has 0 aliphatic carbocycles. The van der Waals surface area contributed by atoms with Gasteiger partial charge in [0.05, 0.1) is 0 Å². The first kappa shape index (κ1) is 16.2. The summed E-state index contributed by atoms with van der Waals surface area (Å²) in [4.78, 5) is 11.0. The second-order valence-electron chi connectivity index (χ2n) is 4.25. The summed E-state index contributed by atoms with van der Waals surface area (Å²) in [5.41, 5.74) is 0. The highest BCUT2D eigenvalue weighted by Gasteiger charge is 2.39. The van der Waals surface area contributed by atoms with Crippen molar-refractivity contribution in [1.29, 1.82) is 0 Å². The lowest BCUT2D eigenvalue weighted by Gasteiger charge is -2.26. The minimum absolute atomic E-state index is 0.0184. The maximum Gasteiger partial charge on any atom is 0.322 e. The third-order valence-corrected chi connectivity index (χ3v) is 3.59. The van der Waals surface area contributed by atoms with Crippen molar-refractivity contribution in [2.45, 2.75) is 24.6 Å². The number of aliphatic hydroxyl groups excluding tert-OH is 2. The Hall–Kier alpha value is -0.830. The number of carbonyl (C=O) groups is 1. The van der Waals surface area contributed by atoms with E-state index in [1.807, 2.05) is 0 Å².